The van der Waals surface area contributed by atoms with Gasteiger partial charge in [0, 0.05) is 11.8 Å². The zero-order valence-electron chi connectivity index (χ0n) is 20.9. The number of imide groups is 1. The average Bonchev–Trinajstić information content (AvgIpc) is 3.01. The lowest BCUT2D eigenvalue weighted by atomic mass is 9.99. The van der Waals surface area contributed by atoms with Gasteiger partial charge in [-0.3, -0.25) is 14.5 Å². The number of hydrogen-bond acceptors (Lipinski definition) is 6. The van der Waals surface area contributed by atoms with Gasteiger partial charge in [-0.2, -0.15) is 0 Å². The van der Waals surface area contributed by atoms with Crippen LogP contribution in [0.15, 0.2) is 42.1 Å². The summed E-state index contributed by atoms with van der Waals surface area (Å²) in [4.78, 5) is 28.0. The molecule has 2 aromatic carbocycles. The van der Waals surface area contributed by atoms with E-state index in [4.69, 9.17) is 14.2 Å². The molecule has 0 saturated heterocycles. The molecule has 0 aliphatic carbocycles. The SMILES string of the molecule is CCOc1ccc(NC2=C(c3ccc(C)c(C)c3)C(=O)N(CCOC(C)C)C2=O)cc1OCC. The third kappa shape index (κ3) is 5.59. The zero-order valence-corrected chi connectivity index (χ0v) is 20.9. The van der Waals surface area contributed by atoms with Crippen LogP contribution < -0.4 is 14.8 Å². The monoisotopic (exact) mass is 466 g/mol. The summed E-state index contributed by atoms with van der Waals surface area (Å²) in [6.07, 6.45) is 0.0124. The number of aryl methyl sites for hydroxylation is 2. The van der Waals surface area contributed by atoms with Gasteiger partial charge in [0.05, 0.1) is 38.0 Å². The van der Waals surface area contributed by atoms with Crippen molar-refractivity contribution in [1.29, 1.82) is 0 Å². The maximum atomic E-state index is 13.4. The first-order valence-electron chi connectivity index (χ1n) is 11.7. The molecule has 1 N–H and O–H groups in total. The lowest BCUT2D eigenvalue weighted by Crippen LogP contribution is -2.35. The van der Waals surface area contributed by atoms with Gasteiger partial charge < -0.3 is 19.5 Å². The van der Waals surface area contributed by atoms with Gasteiger partial charge in [-0.15, -0.1) is 0 Å². The zero-order chi connectivity index (χ0) is 24.8. The molecule has 0 aromatic heterocycles. The first-order valence-corrected chi connectivity index (χ1v) is 11.7. The number of benzene rings is 2. The smallest absolute Gasteiger partial charge is 0.278 e. The van der Waals surface area contributed by atoms with Crippen LogP contribution in [-0.4, -0.2) is 49.2 Å². The molecule has 0 radical (unpaired) electrons. The molecule has 0 unspecified atom stereocenters. The van der Waals surface area contributed by atoms with Crippen molar-refractivity contribution in [1.82, 2.24) is 4.90 Å². The van der Waals surface area contributed by atoms with Crippen molar-refractivity contribution in [3.05, 3.63) is 58.8 Å². The standard InChI is InChI=1S/C27H34N2O5/c1-7-32-22-12-11-21(16-23(22)33-8-2)28-25-24(20-10-9-18(5)19(6)15-20)26(30)29(27(25)31)13-14-34-17(3)4/h9-12,15-17,28H,7-8,13-14H2,1-6H3. The fourth-order valence-electron chi connectivity index (χ4n) is 3.71. The number of nitrogens with one attached hydrogen (secondary N) is 1. The lowest BCUT2D eigenvalue weighted by Gasteiger charge is -2.17. The van der Waals surface area contributed by atoms with Gasteiger partial charge in [0.1, 0.15) is 5.70 Å². The summed E-state index contributed by atoms with van der Waals surface area (Å²) in [6.45, 7) is 13.1. The van der Waals surface area contributed by atoms with E-state index < -0.39 is 0 Å². The summed E-state index contributed by atoms with van der Waals surface area (Å²) in [5.41, 5.74) is 4.09. The summed E-state index contributed by atoms with van der Waals surface area (Å²) >= 11 is 0. The van der Waals surface area contributed by atoms with E-state index in [-0.39, 0.29) is 36.8 Å². The van der Waals surface area contributed by atoms with E-state index in [0.29, 0.717) is 41.5 Å². The molecule has 0 atom stereocenters. The number of hydrogen-bond donors (Lipinski definition) is 1. The minimum atomic E-state index is -0.377. The quantitative estimate of drug-likeness (QED) is 0.483. The van der Waals surface area contributed by atoms with Crippen LogP contribution in [0.5, 0.6) is 11.5 Å². The van der Waals surface area contributed by atoms with Crippen molar-refractivity contribution in [3.63, 3.8) is 0 Å². The second kappa shape index (κ2) is 11.2. The average molecular weight is 467 g/mol. The van der Waals surface area contributed by atoms with Gasteiger partial charge in [0.25, 0.3) is 11.8 Å². The minimum Gasteiger partial charge on any atom is -0.490 e. The molecule has 7 heteroatoms. The number of carbonyl (C=O) groups excluding carboxylic acids is 2. The van der Waals surface area contributed by atoms with E-state index in [2.05, 4.69) is 5.32 Å². The maximum absolute atomic E-state index is 13.4. The highest BCUT2D eigenvalue weighted by molar-refractivity contribution is 6.36. The van der Waals surface area contributed by atoms with Crippen molar-refractivity contribution >= 4 is 23.1 Å². The fraction of sp³-hybridized carbons (Fsp3) is 0.407. The normalized spacial score (nSPS) is 13.8. The van der Waals surface area contributed by atoms with Crippen LogP contribution in [0.4, 0.5) is 5.69 Å². The third-order valence-electron chi connectivity index (χ3n) is 5.54. The summed E-state index contributed by atoms with van der Waals surface area (Å²) in [5, 5.41) is 3.19. The Morgan fingerprint density at radius 3 is 2.24 bits per heavy atom. The van der Waals surface area contributed by atoms with Crippen LogP contribution in [-0.2, 0) is 14.3 Å². The number of rotatable bonds is 11. The molecule has 1 aliphatic rings. The van der Waals surface area contributed by atoms with Crippen molar-refractivity contribution in [2.75, 3.05) is 31.7 Å². The van der Waals surface area contributed by atoms with E-state index in [1.165, 1.54) is 4.90 Å². The van der Waals surface area contributed by atoms with E-state index >= 15 is 0 Å². The van der Waals surface area contributed by atoms with Crippen LogP contribution in [0, 0.1) is 13.8 Å². The summed E-state index contributed by atoms with van der Waals surface area (Å²) in [5.74, 6) is 0.484. The Bertz CT molecular complexity index is 1090. The Labute approximate surface area is 201 Å². The predicted molar refractivity (Wildman–Crippen MR) is 133 cm³/mol. The van der Waals surface area contributed by atoms with E-state index in [1.807, 2.05) is 59.7 Å². The molecule has 1 aliphatic heterocycles. The molecule has 3 rings (SSSR count). The number of ether oxygens (including phenoxy) is 3. The molecule has 2 amide bonds. The van der Waals surface area contributed by atoms with E-state index in [9.17, 15) is 9.59 Å². The highest BCUT2D eigenvalue weighted by Crippen LogP contribution is 2.35. The Balaban J connectivity index is 2.00. The Morgan fingerprint density at radius 2 is 1.59 bits per heavy atom. The minimum absolute atomic E-state index is 0.0124. The van der Waals surface area contributed by atoms with Crippen LogP contribution in [0.2, 0.25) is 0 Å². The first-order chi connectivity index (χ1) is 16.3. The molecular weight excluding hydrogens is 432 g/mol. The fourth-order valence-corrected chi connectivity index (χ4v) is 3.71. The molecule has 182 valence electrons. The number of anilines is 1. The Kier molecular flexibility index (Phi) is 8.34. The van der Waals surface area contributed by atoms with Crippen LogP contribution >= 0.6 is 0 Å². The van der Waals surface area contributed by atoms with Crippen molar-refractivity contribution in [3.8, 4) is 11.5 Å². The van der Waals surface area contributed by atoms with E-state index in [0.717, 1.165) is 11.1 Å². The number of amides is 2. The Morgan fingerprint density at radius 1 is 0.882 bits per heavy atom. The summed E-state index contributed by atoms with van der Waals surface area (Å²) in [7, 11) is 0. The van der Waals surface area contributed by atoms with Crippen molar-refractivity contribution in [2.24, 2.45) is 0 Å². The second-order valence-corrected chi connectivity index (χ2v) is 8.38. The highest BCUT2D eigenvalue weighted by atomic mass is 16.5. The lowest BCUT2D eigenvalue weighted by molar-refractivity contribution is -0.137. The second-order valence-electron chi connectivity index (χ2n) is 8.38. The molecule has 34 heavy (non-hydrogen) atoms. The highest BCUT2D eigenvalue weighted by Gasteiger charge is 2.39. The van der Waals surface area contributed by atoms with Gasteiger partial charge >= 0.3 is 0 Å². The molecule has 7 nitrogen and oxygen atoms in total. The van der Waals surface area contributed by atoms with Gasteiger partial charge in [0.2, 0.25) is 0 Å². The topological polar surface area (TPSA) is 77.1 Å². The summed E-state index contributed by atoms with van der Waals surface area (Å²) in [6, 6.07) is 11.2. The van der Waals surface area contributed by atoms with Gasteiger partial charge in [-0.05, 0) is 70.4 Å². The van der Waals surface area contributed by atoms with Crippen LogP contribution in [0.3, 0.4) is 0 Å². The first kappa shape index (κ1) is 25.3. The molecule has 0 saturated carbocycles. The molecule has 0 bridgehead atoms. The van der Waals surface area contributed by atoms with E-state index in [1.54, 1.807) is 18.2 Å². The van der Waals surface area contributed by atoms with Crippen molar-refractivity contribution < 1.29 is 23.8 Å². The van der Waals surface area contributed by atoms with Gasteiger partial charge in [-0.1, -0.05) is 18.2 Å². The molecule has 1 heterocycles. The molecule has 0 fully saturated rings. The summed E-state index contributed by atoms with van der Waals surface area (Å²) < 4.78 is 17.0. The molecular formula is C27H34N2O5. The maximum Gasteiger partial charge on any atom is 0.278 e. The number of carbonyl (C=O) groups is 2. The van der Waals surface area contributed by atoms with Crippen LogP contribution in [0.1, 0.15) is 44.4 Å². The predicted octanol–water partition coefficient (Wildman–Crippen LogP) is 4.72. The molecule has 2 aromatic rings. The largest absolute Gasteiger partial charge is 0.490 e. The van der Waals surface area contributed by atoms with Gasteiger partial charge in [-0.25, -0.2) is 0 Å². The number of nitrogens with zero attached hydrogens (tertiary/aromatic N) is 1. The Hall–Kier alpha value is -3.32. The van der Waals surface area contributed by atoms with Gasteiger partial charge in [0.15, 0.2) is 11.5 Å². The van der Waals surface area contributed by atoms with Crippen molar-refractivity contribution in [2.45, 2.75) is 47.6 Å². The third-order valence-corrected chi connectivity index (χ3v) is 5.54. The molecule has 0 spiro atoms. The van der Waals surface area contributed by atoms with Crippen LogP contribution in [0.25, 0.3) is 5.57 Å².